The molecule has 0 radical (unpaired) electrons. The molecule has 260 valence electrons. The first-order valence-corrected chi connectivity index (χ1v) is 16.6. The molecule has 1 unspecified atom stereocenters. The zero-order valence-electron chi connectivity index (χ0n) is 27.8. The van der Waals surface area contributed by atoms with Gasteiger partial charge >= 0.3 is 6.01 Å². The maximum atomic E-state index is 16.9. The average molecular weight is 685 g/mol. The van der Waals surface area contributed by atoms with E-state index in [1.54, 1.807) is 11.9 Å². The van der Waals surface area contributed by atoms with Crippen molar-refractivity contribution < 1.29 is 32.9 Å². The number of hydrogen-bond donors (Lipinski definition) is 1. The number of aromatic nitrogens is 3. The molecule has 1 aliphatic carbocycles. The van der Waals surface area contributed by atoms with Crippen LogP contribution in [0.25, 0.3) is 32.9 Å². The normalized spacial score (nSPS) is 19.2. The zero-order valence-corrected chi connectivity index (χ0v) is 27.8. The summed E-state index contributed by atoms with van der Waals surface area (Å²) < 4.78 is 49.5. The highest BCUT2D eigenvalue weighted by atomic mass is 19.1. The Morgan fingerprint density at radius 1 is 1.20 bits per heavy atom. The van der Waals surface area contributed by atoms with Crippen molar-refractivity contribution in [3.63, 3.8) is 0 Å². The first-order chi connectivity index (χ1) is 24.2. The molecule has 1 saturated carbocycles. The topological polar surface area (TPSA) is 113 Å². The average Bonchev–Trinajstić information content (AvgIpc) is 3.94. The number of morpholine rings is 1. The fourth-order valence-electron chi connectivity index (χ4n) is 6.79. The number of carbonyl (C=O) groups is 1. The summed E-state index contributed by atoms with van der Waals surface area (Å²) in [5.74, 6) is 0.840. The highest BCUT2D eigenvalue weighted by molar-refractivity contribution is 6.03. The van der Waals surface area contributed by atoms with Gasteiger partial charge in [0.15, 0.2) is 5.82 Å². The summed E-state index contributed by atoms with van der Waals surface area (Å²) in [6.45, 7) is 9.26. The quantitative estimate of drug-likeness (QED) is 0.204. The highest BCUT2D eigenvalue weighted by Gasteiger charge is 2.45. The van der Waals surface area contributed by atoms with Crippen molar-refractivity contribution in [1.29, 1.82) is 0 Å². The van der Waals surface area contributed by atoms with E-state index in [2.05, 4.69) is 27.4 Å². The van der Waals surface area contributed by atoms with Crippen molar-refractivity contribution in [2.24, 2.45) is 5.41 Å². The number of hydrogen-bond acceptors (Lipinski definition) is 10. The third kappa shape index (κ3) is 6.54. The van der Waals surface area contributed by atoms with Crippen molar-refractivity contribution in [2.45, 2.75) is 18.9 Å². The van der Waals surface area contributed by atoms with E-state index < -0.39 is 11.6 Å². The monoisotopic (exact) mass is 684 g/mol. The maximum Gasteiger partial charge on any atom is 0.319 e. The molecule has 1 atom stereocenters. The molecule has 2 aliphatic heterocycles. The second kappa shape index (κ2) is 13.8. The lowest BCUT2D eigenvalue weighted by Gasteiger charge is -2.31. The summed E-state index contributed by atoms with van der Waals surface area (Å²) >= 11 is 0. The molecule has 4 heterocycles. The number of aromatic hydroxyl groups is 1. The molecule has 2 saturated heterocycles. The van der Waals surface area contributed by atoms with Gasteiger partial charge in [0.05, 0.1) is 50.0 Å². The number of nitrogens with zero attached hydrogens (tertiary/aromatic N) is 6. The number of terminal acetylenes is 1. The van der Waals surface area contributed by atoms with Gasteiger partial charge in [-0.3, -0.25) is 14.7 Å². The summed E-state index contributed by atoms with van der Waals surface area (Å²) in [5, 5.41) is 11.6. The SMILES string of the molecule is C#Cc1c(F)ccc2cc(O)cc(-c3ncc4c(N5CCOCC(N(C)C(=O)C=C)C5)nc(OCC5(CN6CCOCC6)CC5)nc4c3F)c12. The maximum absolute atomic E-state index is 16.9. The molecule has 1 N–H and O–H groups in total. The second-order valence-corrected chi connectivity index (χ2v) is 13.2. The van der Waals surface area contributed by atoms with E-state index >= 15 is 4.39 Å². The smallest absolute Gasteiger partial charge is 0.319 e. The van der Waals surface area contributed by atoms with E-state index in [4.69, 9.17) is 25.6 Å². The highest BCUT2D eigenvalue weighted by Crippen LogP contribution is 2.47. The van der Waals surface area contributed by atoms with Crippen LogP contribution in [0.4, 0.5) is 14.6 Å². The van der Waals surface area contributed by atoms with Gasteiger partial charge in [-0.15, -0.1) is 6.42 Å². The van der Waals surface area contributed by atoms with Crippen molar-refractivity contribution in [1.82, 2.24) is 24.8 Å². The Hall–Kier alpha value is -4.90. The van der Waals surface area contributed by atoms with E-state index in [0.717, 1.165) is 32.5 Å². The Bertz CT molecular complexity index is 2010. The van der Waals surface area contributed by atoms with Crippen LogP contribution >= 0.6 is 0 Å². The number of fused-ring (bicyclic) bond motifs is 2. The van der Waals surface area contributed by atoms with E-state index in [1.165, 1.54) is 36.5 Å². The number of halogens is 2. The molecule has 3 aliphatic rings. The Morgan fingerprint density at radius 3 is 2.72 bits per heavy atom. The Morgan fingerprint density at radius 2 is 1.98 bits per heavy atom. The number of likely N-dealkylation sites (N-methyl/N-ethyl adjacent to an activating group) is 1. The van der Waals surface area contributed by atoms with Crippen LogP contribution in [0.2, 0.25) is 0 Å². The van der Waals surface area contributed by atoms with Gasteiger partial charge in [-0.1, -0.05) is 18.6 Å². The number of benzene rings is 2. The molecule has 1 amide bonds. The number of amides is 1. The fourth-order valence-corrected chi connectivity index (χ4v) is 6.79. The molecule has 0 spiro atoms. The molecule has 50 heavy (non-hydrogen) atoms. The predicted molar refractivity (Wildman–Crippen MR) is 184 cm³/mol. The largest absolute Gasteiger partial charge is 0.508 e. The first-order valence-electron chi connectivity index (χ1n) is 16.6. The molecule has 0 bridgehead atoms. The van der Waals surface area contributed by atoms with Crippen LogP contribution in [-0.4, -0.2) is 115 Å². The summed E-state index contributed by atoms with van der Waals surface area (Å²) in [6.07, 6.45) is 10.4. The van der Waals surface area contributed by atoms with Gasteiger partial charge in [-0.05, 0) is 42.5 Å². The van der Waals surface area contributed by atoms with Crippen LogP contribution < -0.4 is 9.64 Å². The van der Waals surface area contributed by atoms with Crippen molar-refractivity contribution >= 4 is 33.4 Å². The number of anilines is 1. The zero-order chi connectivity index (χ0) is 35.0. The van der Waals surface area contributed by atoms with Gasteiger partial charge in [0.1, 0.15) is 28.6 Å². The lowest BCUT2D eigenvalue weighted by atomic mass is 9.96. The third-order valence-corrected chi connectivity index (χ3v) is 9.84. The summed E-state index contributed by atoms with van der Waals surface area (Å²) in [6, 6.07) is 5.05. The van der Waals surface area contributed by atoms with E-state index in [9.17, 15) is 14.3 Å². The Kier molecular flexibility index (Phi) is 9.26. The van der Waals surface area contributed by atoms with Crippen molar-refractivity contribution in [3.8, 4) is 35.4 Å². The molecule has 4 aromatic rings. The number of carbonyl (C=O) groups excluding carboxylic acids is 1. The molecule has 2 aromatic carbocycles. The lowest BCUT2D eigenvalue weighted by Crippen LogP contribution is -2.45. The van der Waals surface area contributed by atoms with E-state index in [0.29, 0.717) is 62.7 Å². The molecule has 3 fully saturated rings. The number of pyridine rings is 1. The van der Waals surface area contributed by atoms with Crippen LogP contribution in [0.1, 0.15) is 18.4 Å². The molecular formula is C37H38F2N6O5. The molecular weight excluding hydrogens is 646 g/mol. The van der Waals surface area contributed by atoms with Gasteiger partial charge in [0.25, 0.3) is 0 Å². The first kappa shape index (κ1) is 33.6. The lowest BCUT2D eigenvalue weighted by molar-refractivity contribution is -0.127. The van der Waals surface area contributed by atoms with Crippen LogP contribution in [0.5, 0.6) is 11.8 Å². The summed E-state index contributed by atoms with van der Waals surface area (Å²) in [7, 11) is 1.68. The number of ether oxygens (including phenoxy) is 3. The number of phenolic OH excluding ortho intramolecular Hbond substituents is 1. The summed E-state index contributed by atoms with van der Waals surface area (Å²) in [4.78, 5) is 32.2. The fraction of sp³-hybridized carbons (Fsp3) is 0.405. The Balaban J connectivity index is 1.33. The minimum atomic E-state index is -0.814. The molecule has 2 aromatic heterocycles. The van der Waals surface area contributed by atoms with E-state index in [-0.39, 0.29) is 56.8 Å². The van der Waals surface area contributed by atoms with Gasteiger partial charge in [0, 0.05) is 62.3 Å². The van der Waals surface area contributed by atoms with Gasteiger partial charge in [-0.25, -0.2) is 8.78 Å². The molecule has 7 rings (SSSR count). The Labute approximate surface area is 288 Å². The summed E-state index contributed by atoms with van der Waals surface area (Å²) in [5.41, 5.74) is -0.265. The minimum Gasteiger partial charge on any atom is -0.508 e. The van der Waals surface area contributed by atoms with Crippen LogP contribution in [0.15, 0.2) is 43.1 Å². The number of phenols is 1. The van der Waals surface area contributed by atoms with Crippen LogP contribution in [-0.2, 0) is 14.3 Å². The number of rotatable bonds is 9. The van der Waals surface area contributed by atoms with Gasteiger partial charge < -0.3 is 29.1 Å². The van der Waals surface area contributed by atoms with Crippen molar-refractivity contribution in [2.75, 3.05) is 77.7 Å². The second-order valence-electron chi connectivity index (χ2n) is 13.2. The van der Waals surface area contributed by atoms with Gasteiger partial charge in [0.2, 0.25) is 5.91 Å². The molecule has 13 heteroatoms. The van der Waals surface area contributed by atoms with Gasteiger partial charge in [-0.2, -0.15) is 9.97 Å². The standard InChI is InChI=1S/C37H38F2N6O5/c1-4-26-29(38)7-6-23-16-25(46)17-27(31(23)26)33-32(39)34-28(18-40-33)35(45-12-15-49-20-24(19-45)43(3)30(47)5-2)42-36(41-34)50-22-37(8-9-37)21-44-10-13-48-14-11-44/h1,5-7,16-18,24,46H,2,8-15,19-22H2,3H3. The van der Waals surface area contributed by atoms with Crippen LogP contribution in [0, 0.1) is 29.4 Å². The third-order valence-electron chi connectivity index (χ3n) is 9.84. The molecule has 11 nitrogen and oxygen atoms in total. The van der Waals surface area contributed by atoms with Crippen molar-refractivity contribution in [3.05, 3.63) is 60.3 Å². The van der Waals surface area contributed by atoms with E-state index in [1.807, 2.05) is 4.90 Å². The predicted octanol–water partition coefficient (Wildman–Crippen LogP) is 4.15. The van der Waals surface area contributed by atoms with Crippen LogP contribution in [0.3, 0.4) is 0 Å². The minimum absolute atomic E-state index is 0.00911.